The zero-order chi connectivity index (χ0) is 20.0. The summed E-state index contributed by atoms with van der Waals surface area (Å²) in [7, 11) is 4.15. The minimum Gasteiger partial charge on any atom is -0.494 e. The first-order chi connectivity index (χ1) is 13.7. The quantitative estimate of drug-likeness (QED) is 0.197. The van der Waals surface area contributed by atoms with Gasteiger partial charge in [0, 0.05) is 38.6 Å². The van der Waals surface area contributed by atoms with Crippen molar-refractivity contribution in [2.75, 3.05) is 40.3 Å². The maximum absolute atomic E-state index is 5.78. The Kier molecular flexibility index (Phi) is 13.1. The molecule has 0 fully saturated rings. The van der Waals surface area contributed by atoms with Crippen LogP contribution >= 0.6 is 24.0 Å². The van der Waals surface area contributed by atoms with E-state index < -0.39 is 0 Å². The first-order valence-corrected chi connectivity index (χ1v) is 10.0. The lowest BCUT2D eigenvalue weighted by Gasteiger charge is -2.12. The Labute approximate surface area is 191 Å². The predicted octanol–water partition coefficient (Wildman–Crippen LogP) is 2.98. The highest BCUT2D eigenvalue weighted by Crippen LogP contribution is 2.13. The second-order valence-electron chi connectivity index (χ2n) is 6.89. The van der Waals surface area contributed by atoms with Crippen molar-refractivity contribution in [3.05, 3.63) is 48.3 Å². The summed E-state index contributed by atoms with van der Waals surface area (Å²) in [6.07, 6.45) is 5.80. The first kappa shape index (κ1) is 25.2. The number of hydrogen-bond donors (Lipinski definition) is 2. The summed E-state index contributed by atoms with van der Waals surface area (Å²) in [5.74, 6) is 1.75. The third kappa shape index (κ3) is 11.1. The van der Waals surface area contributed by atoms with E-state index in [0.29, 0.717) is 6.54 Å². The molecule has 0 saturated heterocycles. The fraction of sp³-hybridized carbons (Fsp3) is 0.524. The molecule has 0 unspecified atom stereocenters. The summed E-state index contributed by atoms with van der Waals surface area (Å²) in [4.78, 5) is 6.83. The number of rotatable bonds is 12. The summed E-state index contributed by atoms with van der Waals surface area (Å²) >= 11 is 0. The number of nitrogens with one attached hydrogen (secondary N) is 2. The molecule has 0 aliphatic rings. The summed E-state index contributed by atoms with van der Waals surface area (Å²) in [5, 5.41) is 10.9. The number of benzene rings is 1. The van der Waals surface area contributed by atoms with E-state index in [2.05, 4.69) is 58.8 Å². The van der Waals surface area contributed by atoms with E-state index in [1.807, 2.05) is 29.1 Å². The maximum atomic E-state index is 5.78. The van der Waals surface area contributed by atoms with Crippen molar-refractivity contribution < 1.29 is 4.74 Å². The predicted molar refractivity (Wildman–Crippen MR) is 130 cm³/mol. The van der Waals surface area contributed by atoms with Gasteiger partial charge in [-0.2, -0.15) is 5.10 Å². The van der Waals surface area contributed by atoms with Crippen LogP contribution < -0.4 is 15.4 Å². The molecular weight excluding hydrogens is 479 g/mol. The highest BCUT2D eigenvalue weighted by Gasteiger charge is 2.00. The van der Waals surface area contributed by atoms with Crippen molar-refractivity contribution in [3.63, 3.8) is 0 Å². The molecule has 0 saturated carbocycles. The second kappa shape index (κ2) is 15.1. The van der Waals surface area contributed by atoms with Gasteiger partial charge in [-0.15, -0.1) is 24.0 Å². The number of ether oxygens (including phenoxy) is 1. The number of hydrogen-bond acceptors (Lipinski definition) is 4. The third-order valence-electron chi connectivity index (χ3n) is 4.12. The van der Waals surface area contributed by atoms with Crippen LogP contribution in [-0.4, -0.2) is 61.0 Å². The molecule has 8 heteroatoms. The van der Waals surface area contributed by atoms with E-state index >= 15 is 0 Å². The smallest absolute Gasteiger partial charge is 0.191 e. The highest BCUT2D eigenvalue weighted by atomic mass is 127. The van der Waals surface area contributed by atoms with Crippen molar-refractivity contribution >= 4 is 29.9 Å². The minimum absolute atomic E-state index is 0. The van der Waals surface area contributed by atoms with E-state index in [-0.39, 0.29) is 24.0 Å². The number of nitrogens with zero attached hydrogens (tertiary/aromatic N) is 4. The van der Waals surface area contributed by atoms with Crippen molar-refractivity contribution in [1.82, 2.24) is 25.3 Å². The van der Waals surface area contributed by atoms with Crippen LogP contribution in [0.25, 0.3) is 0 Å². The van der Waals surface area contributed by atoms with Crippen LogP contribution in [0.15, 0.2) is 47.7 Å². The lowest BCUT2D eigenvalue weighted by Crippen LogP contribution is -2.38. The Morgan fingerprint density at radius 3 is 2.62 bits per heavy atom. The molecule has 0 spiro atoms. The fourth-order valence-corrected chi connectivity index (χ4v) is 2.65. The van der Waals surface area contributed by atoms with Gasteiger partial charge >= 0.3 is 0 Å². The molecule has 0 bridgehead atoms. The largest absolute Gasteiger partial charge is 0.494 e. The van der Waals surface area contributed by atoms with Gasteiger partial charge in [-0.1, -0.05) is 12.1 Å². The highest BCUT2D eigenvalue weighted by molar-refractivity contribution is 14.0. The number of guanidine groups is 1. The topological polar surface area (TPSA) is 66.7 Å². The average Bonchev–Trinajstić information content (AvgIpc) is 3.21. The van der Waals surface area contributed by atoms with Gasteiger partial charge in [-0.25, -0.2) is 4.99 Å². The zero-order valence-electron chi connectivity index (χ0n) is 17.8. The van der Waals surface area contributed by atoms with Gasteiger partial charge in [0.1, 0.15) is 5.75 Å². The van der Waals surface area contributed by atoms with Crippen LogP contribution in [0.5, 0.6) is 5.75 Å². The molecule has 1 aromatic heterocycles. The molecule has 7 nitrogen and oxygen atoms in total. The van der Waals surface area contributed by atoms with E-state index in [0.717, 1.165) is 62.9 Å². The van der Waals surface area contributed by atoms with Crippen molar-refractivity contribution in [2.45, 2.75) is 32.9 Å². The van der Waals surface area contributed by atoms with Crippen LogP contribution in [0.2, 0.25) is 0 Å². The van der Waals surface area contributed by atoms with Crippen molar-refractivity contribution in [1.29, 1.82) is 0 Å². The third-order valence-corrected chi connectivity index (χ3v) is 4.12. The molecule has 0 aliphatic heterocycles. The molecular formula is C21H35IN6O. The molecule has 2 aromatic rings. The van der Waals surface area contributed by atoms with Gasteiger partial charge in [-0.05, 0) is 57.6 Å². The fourth-order valence-electron chi connectivity index (χ4n) is 2.65. The molecule has 2 rings (SSSR count). The molecule has 1 heterocycles. The van der Waals surface area contributed by atoms with Crippen LogP contribution in [0.4, 0.5) is 0 Å². The summed E-state index contributed by atoms with van der Waals surface area (Å²) in [5.41, 5.74) is 1.16. The zero-order valence-corrected chi connectivity index (χ0v) is 20.1. The molecule has 1 aromatic carbocycles. The monoisotopic (exact) mass is 514 g/mol. The van der Waals surface area contributed by atoms with E-state index in [9.17, 15) is 0 Å². The first-order valence-electron chi connectivity index (χ1n) is 10.0. The van der Waals surface area contributed by atoms with E-state index in [1.54, 1.807) is 6.20 Å². The van der Waals surface area contributed by atoms with Gasteiger partial charge in [0.05, 0.1) is 13.2 Å². The average molecular weight is 514 g/mol. The van der Waals surface area contributed by atoms with Crippen molar-refractivity contribution in [2.24, 2.45) is 4.99 Å². The summed E-state index contributed by atoms with van der Waals surface area (Å²) in [6.45, 7) is 7.07. The number of aromatic nitrogens is 2. The maximum Gasteiger partial charge on any atom is 0.191 e. The van der Waals surface area contributed by atoms with Crippen molar-refractivity contribution in [3.8, 4) is 5.75 Å². The summed E-state index contributed by atoms with van der Waals surface area (Å²) in [6, 6.07) is 10.1. The van der Waals surface area contributed by atoms with Crippen LogP contribution in [0, 0.1) is 0 Å². The molecule has 29 heavy (non-hydrogen) atoms. The second-order valence-corrected chi connectivity index (χ2v) is 6.89. The van der Waals surface area contributed by atoms with Gasteiger partial charge < -0.3 is 20.3 Å². The Hall–Kier alpha value is -1.81. The lowest BCUT2D eigenvalue weighted by molar-refractivity contribution is 0.281. The van der Waals surface area contributed by atoms with Gasteiger partial charge in [0.25, 0.3) is 0 Å². The van der Waals surface area contributed by atoms with Gasteiger partial charge in [-0.3, -0.25) is 4.68 Å². The van der Waals surface area contributed by atoms with Crippen LogP contribution in [0.3, 0.4) is 0 Å². The standard InChI is InChI=1S/C21H34N6O.HI/c1-4-22-21(23-12-5-15-27-16-6-13-25-27)24-18-19-8-10-20(11-9-19)28-17-7-14-26(2)3;/h6,8-11,13,16H,4-5,7,12,14-15,17-18H2,1-3H3,(H2,22,23,24);1H. The molecule has 0 amide bonds. The van der Waals surface area contributed by atoms with Crippen LogP contribution in [0.1, 0.15) is 25.3 Å². The number of aryl methyl sites for hydroxylation is 1. The molecule has 162 valence electrons. The van der Waals surface area contributed by atoms with E-state index in [1.165, 1.54) is 0 Å². The Balaban J connectivity index is 0.00000420. The van der Waals surface area contributed by atoms with E-state index in [4.69, 9.17) is 4.74 Å². The molecule has 2 N–H and O–H groups in total. The number of aliphatic imine (C=N–C) groups is 1. The SMILES string of the molecule is CCNC(=NCc1ccc(OCCCN(C)C)cc1)NCCCn1cccn1.I. The Morgan fingerprint density at radius 2 is 1.97 bits per heavy atom. The lowest BCUT2D eigenvalue weighted by atomic mass is 10.2. The normalized spacial score (nSPS) is 11.2. The van der Waals surface area contributed by atoms with Gasteiger partial charge in [0.15, 0.2) is 5.96 Å². The van der Waals surface area contributed by atoms with Gasteiger partial charge in [0.2, 0.25) is 0 Å². The Morgan fingerprint density at radius 1 is 1.17 bits per heavy atom. The number of halogens is 1. The minimum atomic E-state index is 0. The molecule has 0 atom stereocenters. The Bertz CT molecular complexity index is 673. The summed E-state index contributed by atoms with van der Waals surface area (Å²) < 4.78 is 7.72. The molecule has 0 aliphatic carbocycles. The molecule has 0 radical (unpaired) electrons. The van der Waals surface area contributed by atoms with Crippen LogP contribution in [-0.2, 0) is 13.1 Å².